The lowest BCUT2D eigenvalue weighted by molar-refractivity contribution is -0.117. The van der Waals surface area contributed by atoms with Crippen LogP contribution < -0.4 is 16.0 Å². The second kappa shape index (κ2) is 12.5. The van der Waals surface area contributed by atoms with Gasteiger partial charge in [-0.15, -0.1) is 23.2 Å². The largest absolute Gasteiger partial charge is 0.326 e. The first-order chi connectivity index (χ1) is 20.0. The molecular formula is C31H22Cl5N3O3. The molecule has 3 amide bonds. The summed E-state index contributed by atoms with van der Waals surface area (Å²) in [6.45, 7) is 0. The van der Waals surface area contributed by atoms with Crippen molar-refractivity contribution in [3.05, 3.63) is 123 Å². The van der Waals surface area contributed by atoms with Crippen molar-refractivity contribution in [1.29, 1.82) is 0 Å². The van der Waals surface area contributed by atoms with Crippen molar-refractivity contribution >= 4 is 92.8 Å². The molecule has 214 valence electrons. The molecule has 42 heavy (non-hydrogen) atoms. The van der Waals surface area contributed by atoms with Crippen LogP contribution in [0.25, 0.3) is 0 Å². The van der Waals surface area contributed by atoms with Crippen molar-refractivity contribution in [3.63, 3.8) is 0 Å². The van der Waals surface area contributed by atoms with Gasteiger partial charge in [0.15, 0.2) is 0 Å². The molecule has 4 aromatic rings. The summed E-state index contributed by atoms with van der Waals surface area (Å²) in [5.74, 6) is -2.36. The fourth-order valence-electron chi connectivity index (χ4n) is 4.64. The minimum atomic E-state index is -1.35. The van der Waals surface area contributed by atoms with E-state index < -0.39 is 28.0 Å². The average molecular weight is 662 g/mol. The smallest absolute Gasteiger partial charge is 0.257 e. The molecule has 0 spiro atoms. The van der Waals surface area contributed by atoms with Crippen molar-refractivity contribution in [2.75, 3.05) is 16.0 Å². The summed E-state index contributed by atoms with van der Waals surface area (Å²) in [6, 6.07) is 25.5. The Labute approximate surface area is 267 Å². The van der Waals surface area contributed by atoms with Crippen LogP contribution in [0.5, 0.6) is 0 Å². The number of benzene rings is 4. The number of anilines is 3. The van der Waals surface area contributed by atoms with Gasteiger partial charge in [-0.2, -0.15) is 0 Å². The first-order valence-electron chi connectivity index (χ1n) is 12.7. The molecule has 1 fully saturated rings. The fourth-order valence-corrected chi connectivity index (χ4v) is 6.22. The van der Waals surface area contributed by atoms with Crippen LogP contribution in [0.4, 0.5) is 17.1 Å². The Bertz CT molecular complexity index is 1640. The molecule has 1 aliphatic rings. The Morgan fingerprint density at radius 2 is 1.29 bits per heavy atom. The summed E-state index contributed by atoms with van der Waals surface area (Å²) in [5.41, 5.74) is 3.11. The molecule has 1 saturated carbocycles. The van der Waals surface area contributed by atoms with Crippen LogP contribution in [0.2, 0.25) is 15.1 Å². The van der Waals surface area contributed by atoms with E-state index in [-0.39, 0.29) is 22.9 Å². The number of amides is 3. The minimum Gasteiger partial charge on any atom is -0.326 e. The van der Waals surface area contributed by atoms with Crippen LogP contribution in [0.1, 0.15) is 27.4 Å². The van der Waals surface area contributed by atoms with E-state index in [9.17, 15) is 14.4 Å². The Hall–Kier alpha value is -3.26. The molecule has 1 aliphatic carbocycles. The molecule has 4 aromatic carbocycles. The van der Waals surface area contributed by atoms with Crippen LogP contribution in [-0.2, 0) is 16.0 Å². The molecule has 0 bridgehead atoms. The zero-order valence-electron chi connectivity index (χ0n) is 21.6. The molecule has 3 N–H and O–H groups in total. The average Bonchev–Trinajstić information content (AvgIpc) is 3.52. The van der Waals surface area contributed by atoms with Crippen LogP contribution >= 0.6 is 58.0 Å². The highest BCUT2D eigenvalue weighted by molar-refractivity contribution is 6.53. The van der Waals surface area contributed by atoms with E-state index in [4.69, 9.17) is 58.0 Å². The van der Waals surface area contributed by atoms with Gasteiger partial charge in [0.1, 0.15) is 4.33 Å². The predicted octanol–water partition coefficient (Wildman–Crippen LogP) is 8.61. The van der Waals surface area contributed by atoms with Crippen molar-refractivity contribution in [2.24, 2.45) is 5.92 Å². The number of hydrogen-bond acceptors (Lipinski definition) is 3. The van der Waals surface area contributed by atoms with Gasteiger partial charge < -0.3 is 16.0 Å². The highest BCUT2D eigenvalue weighted by Crippen LogP contribution is 2.65. The monoisotopic (exact) mass is 659 g/mol. The topological polar surface area (TPSA) is 87.3 Å². The second-order valence-corrected chi connectivity index (χ2v) is 12.5. The lowest BCUT2D eigenvalue weighted by atomic mass is 10.1. The molecular weight excluding hydrogens is 640 g/mol. The van der Waals surface area contributed by atoms with Gasteiger partial charge in [-0.1, -0.05) is 65.1 Å². The number of alkyl halides is 2. The fraction of sp³-hybridized carbons (Fsp3) is 0.129. The number of nitrogens with one attached hydrogen (secondary N) is 3. The predicted molar refractivity (Wildman–Crippen MR) is 170 cm³/mol. The maximum absolute atomic E-state index is 13.1. The standard InChI is InChI=1S/C31H22Cl5N3O3/c32-19-13-18(14-20(33)15-19)27-28(31(27,35)36)30(42)39-23-10-11-25(34)24(16-23)29(41)38-22-8-6-21(7-9-22)37-26(40)12-17-4-2-1-3-5-17/h1-11,13-16,27-28H,12H2,(H,37,40)(H,38,41)(H,39,42). The normalized spacial score (nSPS) is 16.8. The van der Waals surface area contributed by atoms with E-state index in [0.29, 0.717) is 32.7 Å². The molecule has 6 nitrogen and oxygen atoms in total. The van der Waals surface area contributed by atoms with Gasteiger partial charge >= 0.3 is 0 Å². The van der Waals surface area contributed by atoms with E-state index in [1.807, 2.05) is 30.3 Å². The van der Waals surface area contributed by atoms with E-state index >= 15 is 0 Å². The first kappa shape index (κ1) is 30.2. The summed E-state index contributed by atoms with van der Waals surface area (Å²) in [4.78, 5) is 38.5. The molecule has 0 aliphatic heterocycles. The van der Waals surface area contributed by atoms with Gasteiger partial charge in [-0.3, -0.25) is 14.4 Å². The molecule has 5 rings (SSSR count). The van der Waals surface area contributed by atoms with E-state index in [2.05, 4.69) is 16.0 Å². The van der Waals surface area contributed by atoms with Crippen molar-refractivity contribution < 1.29 is 14.4 Å². The van der Waals surface area contributed by atoms with Crippen molar-refractivity contribution in [2.45, 2.75) is 16.7 Å². The first-order valence-corrected chi connectivity index (χ1v) is 14.6. The van der Waals surface area contributed by atoms with Gasteiger partial charge in [0, 0.05) is 33.0 Å². The lowest BCUT2D eigenvalue weighted by Crippen LogP contribution is -2.18. The number of halogens is 5. The van der Waals surface area contributed by atoms with Crippen LogP contribution in [0, 0.1) is 5.92 Å². The zero-order chi connectivity index (χ0) is 30.0. The van der Waals surface area contributed by atoms with Crippen LogP contribution in [0.3, 0.4) is 0 Å². The minimum absolute atomic E-state index is 0.145. The van der Waals surface area contributed by atoms with E-state index in [1.165, 1.54) is 12.1 Å². The Balaban J connectivity index is 1.21. The molecule has 0 saturated heterocycles. The molecule has 0 aromatic heterocycles. The second-order valence-electron chi connectivity index (χ2n) is 9.76. The quantitative estimate of drug-likeness (QED) is 0.165. The number of hydrogen-bond donors (Lipinski definition) is 3. The molecule has 2 unspecified atom stereocenters. The van der Waals surface area contributed by atoms with Gasteiger partial charge in [-0.25, -0.2) is 0 Å². The summed E-state index contributed by atoms with van der Waals surface area (Å²) in [5, 5.41) is 9.37. The number of carbonyl (C=O) groups excluding carboxylic acids is 3. The van der Waals surface area contributed by atoms with Gasteiger partial charge in [0.25, 0.3) is 5.91 Å². The maximum atomic E-state index is 13.1. The van der Waals surface area contributed by atoms with Gasteiger partial charge in [0.05, 0.1) is 22.9 Å². The third-order valence-corrected chi connectivity index (χ3v) is 8.40. The van der Waals surface area contributed by atoms with Crippen LogP contribution in [-0.4, -0.2) is 22.1 Å². The van der Waals surface area contributed by atoms with E-state index in [0.717, 1.165) is 5.56 Å². The Kier molecular flexibility index (Phi) is 9.02. The van der Waals surface area contributed by atoms with Gasteiger partial charge in [0.2, 0.25) is 11.8 Å². The molecule has 0 radical (unpaired) electrons. The third-order valence-electron chi connectivity index (χ3n) is 6.69. The molecule has 11 heteroatoms. The number of rotatable bonds is 8. The Morgan fingerprint density at radius 1 is 0.690 bits per heavy atom. The van der Waals surface area contributed by atoms with Crippen molar-refractivity contribution in [1.82, 2.24) is 0 Å². The van der Waals surface area contributed by atoms with Crippen molar-refractivity contribution in [3.8, 4) is 0 Å². The SMILES string of the molecule is O=C(Cc1ccccc1)Nc1ccc(NC(=O)c2cc(NC(=O)C3C(c4cc(Cl)cc(Cl)c4)C3(Cl)Cl)ccc2Cl)cc1. The summed E-state index contributed by atoms with van der Waals surface area (Å²) in [7, 11) is 0. The highest BCUT2D eigenvalue weighted by Gasteiger charge is 2.67. The third kappa shape index (κ3) is 7.02. The summed E-state index contributed by atoms with van der Waals surface area (Å²) >= 11 is 31.4. The number of carbonyl (C=O) groups is 3. The highest BCUT2D eigenvalue weighted by atomic mass is 35.5. The van der Waals surface area contributed by atoms with Gasteiger partial charge in [-0.05, 0) is 71.8 Å². The molecule has 0 heterocycles. The van der Waals surface area contributed by atoms with E-state index in [1.54, 1.807) is 48.5 Å². The lowest BCUT2D eigenvalue weighted by Gasteiger charge is -2.11. The molecule has 2 atom stereocenters. The maximum Gasteiger partial charge on any atom is 0.257 e. The Morgan fingerprint density at radius 3 is 1.93 bits per heavy atom. The summed E-state index contributed by atoms with van der Waals surface area (Å²) < 4.78 is -1.35. The van der Waals surface area contributed by atoms with Crippen LogP contribution in [0.15, 0.2) is 91.0 Å². The zero-order valence-corrected chi connectivity index (χ0v) is 25.4. The summed E-state index contributed by atoms with van der Waals surface area (Å²) in [6.07, 6.45) is 0.248.